The highest BCUT2D eigenvalue weighted by Gasteiger charge is 2.46. The highest BCUT2D eigenvalue weighted by atomic mass is 15.2. The molecule has 3 heterocycles. The number of benzene rings is 8. The first-order valence-electron chi connectivity index (χ1n) is 25.7. The molecule has 2 aliphatic rings. The predicted molar refractivity (Wildman–Crippen MR) is 308 cm³/mol. The number of aryl methyl sites for hydroxylation is 1. The molecule has 0 radical (unpaired) electrons. The lowest BCUT2D eigenvalue weighted by Gasteiger charge is -2.42. The Balaban J connectivity index is 1.29. The van der Waals surface area contributed by atoms with E-state index in [2.05, 4.69) is 280 Å². The zero-order chi connectivity index (χ0) is 49.9. The third-order valence-electron chi connectivity index (χ3n) is 15.3. The number of rotatable bonds is 6. The highest BCUT2D eigenvalue weighted by Crippen LogP contribution is 2.52. The lowest BCUT2D eigenvalue weighted by molar-refractivity contribution is 0.589. The van der Waals surface area contributed by atoms with Crippen LogP contribution in [0.15, 0.2) is 176 Å². The second-order valence-corrected chi connectivity index (χ2v) is 24.4. The summed E-state index contributed by atoms with van der Waals surface area (Å²) in [4.78, 5) is 4.97. The molecule has 0 unspecified atom stereocenters. The van der Waals surface area contributed by atoms with Gasteiger partial charge in [-0.15, -0.1) is 0 Å². The van der Waals surface area contributed by atoms with Gasteiger partial charge in [0, 0.05) is 67.4 Å². The van der Waals surface area contributed by atoms with Crippen LogP contribution < -0.4 is 20.7 Å². The van der Waals surface area contributed by atoms with Crippen molar-refractivity contribution < 1.29 is 0 Å². The van der Waals surface area contributed by atoms with Gasteiger partial charge in [0.15, 0.2) is 0 Å². The Morgan fingerprint density at radius 2 is 0.958 bits per heavy atom. The fraction of sp³-hybridized carbons (Fsp3) is 0.254. The van der Waals surface area contributed by atoms with Crippen molar-refractivity contribution in [2.45, 2.75) is 112 Å². The predicted octanol–water partition coefficient (Wildman–Crippen LogP) is 17.4. The van der Waals surface area contributed by atoms with Crippen LogP contribution in [-0.4, -0.2) is 11.3 Å². The molecule has 0 atom stereocenters. The summed E-state index contributed by atoms with van der Waals surface area (Å²) in [5, 5.41) is 1.30. The summed E-state index contributed by atoms with van der Waals surface area (Å²) >= 11 is 0. The minimum Gasteiger partial charge on any atom is -0.375 e. The Kier molecular flexibility index (Phi) is 10.8. The summed E-state index contributed by atoms with van der Waals surface area (Å²) in [5.74, 6) is 0. The maximum Gasteiger partial charge on any atom is 0.333 e. The molecule has 0 spiro atoms. The van der Waals surface area contributed by atoms with Gasteiger partial charge in [-0.25, -0.2) is 0 Å². The number of aromatic nitrogens is 1. The molecule has 71 heavy (non-hydrogen) atoms. The van der Waals surface area contributed by atoms with Gasteiger partial charge < -0.3 is 14.3 Å². The second kappa shape index (κ2) is 16.5. The van der Waals surface area contributed by atoms with E-state index in [1.807, 2.05) is 0 Å². The van der Waals surface area contributed by atoms with Crippen molar-refractivity contribution in [3.63, 3.8) is 0 Å². The first-order valence-corrected chi connectivity index (χ1v) is 25.7. The molecule has 0 saturated carbocycles. The van der Waals surface area contributed by atoms with Gasteiger partial charge in [-0.05, 0) is 151 Å². The van der Waals surface area contributed by atoms with Gasteiger partial charge in [0.25, 0.3) is 0 Å². The lowest BCUT2D eigenvalue weighted by atomic mass is 9.44. The SMILES string of the molecule is Cc1cc(N(c2ccccc2)c2ccccc2)ccc1-c1c(-c2ccccc2)c2cc(C(C)(C)C)cc3c2n1B1c2cc(C(C)(C)C)ccc2N(c2ccc(C(C)(C)C)cc2)c2cc(C(C)(C)C)cc-3c21. The molecule has 11 rings (SSSR count). The first-order chi connectivity index (χ1) is 33.7. The summed E-state index contributed by atoms with van der Waals surface area (Å²) in [7, 11) is 0. The van der Waals surface area contributed by atoms with Crippen molar-refractivity contribution in [2.24, 2.45) is 0 Å². The van der Waals surface area contributed by atoms with E-state index in [0.29, 0.717) is 0 Å². The van der Waals surface area contributed by atoms with Crippen LogP contribution in [0.2, 0.25) is 0 Å². The third kappa shape index (κ3) is 7.82. The van der Waals surface area contributed by atoms with E-state index >= 15 is 0 Å². The fourth-order valence-corrected chi connectivity index (χ4v) is 11.3. The van der Waals surface area contributed by atoms with Gasteiger partial charge in [-0.2, -0.15) is 0 Å². The Labute approximate surface area is 423 Å². The Hall–Kier alpha value is -7.04. The van der Waals surface area contributed by atoms with E-state index in [-0.39, 0.29) is 28.5 Å². The summed E-state index contributed by atoms with van der Waals surface area (Å²) in [6.45, 7) is 30.4. The molecule has 3 nitrogen and oxygen atoms in total. The van der Waals surface area contributed by atoms with E-state index in [4.69, 9.17) is 0 Å². The van der Waals surface area contributed by atoms with Crippen LogP contribution in [0.4, 0.5) is 34.1 Å². The quantitative estimate of drug-likeness (QED) is 0.154. The monoisotopic (exact) mass is 926 g/mol. The number of hydrogen-bond acceptors (Lipinski definition) is 2. The average molecular weight is 926 g/mol. The van der Waals surface area contributed by atoms with Gasteiger partial charge in [-0.3, -0.25) is 0 Å². The van der Waals surface area contributed by atoms with E-state index in [0.717, 1.165) is 17.1 Å². The summed E-state index contributed by atoms with van der Waals surface area (Å²) < 4.78 is 2.79. The van der Waals surface area contributed by atoms with Gasteiger partial charge in [0.05, 0.1) is 0 Å². The summed E-state index contributed by atoms with van der Waals surface area (Å²) in [6, 6.07) is 66.9. The van der Waals surface area contributed by atoms with Crippen molar-refractivity contribution >= 4 is 62.8 Å². The van der Waals surface area contributed by atoms with E-state index in [1.54, 1.807) is 0 Å². The highest BCUT2D eigenvalue weighted by molar-refractivity contribution is 6.90. The van der Waals surface area contributed by atoms with Crippen LogP contribution in [0.5, 0.6) is 0 Å². The standard InChI is InChI=1S/C67H68BN3/c1-43-37-52(69(49-25-19-15-20-26-49)50-27-21-16-22-28-50)34-35-53(43)63-60(44-23-17-14-18-24-44)56-40-47(66(8,9)10)39-55-54-38-48(67(11,12)13)42-59-61(54)68(71(63)62(55)56)57-41-46(65(5,6)7)31-36-58(57)70(59)51-32-29-45(30-33-51)64(2,3)4/h14-42H,1-13H3. The summed E-state index contributed by atoms with van der Waals surface area (Å²) in [5.41, 5.74) is 25.0. The van der Waals surface area contributed by atoms with E-state index in [9.17, 15) is 0 Å². The van der Waals surface area contributed by atoms with Gasteiger partial charge in [0.2, 0.25) is 0 Å². The molecule has 0 fully saturated rings. The van der Waals surface area contributed by atoms with Gasteiger partial charge in [-0.1, -0.05) is 186 Å². The molecular formula is C67H68BN3. The Morgan fingerprint density at radius 1 is 0.423 bits per heavy atom. The molecule has 4 heteroatoms. The van der Waals surface area contributed by atoms with Gasteiger partial charge in [0.1, 0.15) is 0 Å². The normalized spacial score (nSPS) is 13.4. The molecule has 0 amide bonds. The molecule has 9 aromatic rings. The van der Waals surface area contributed by atoms with Crippen LogP contribution in [0.1, 0.15) is 111 Å². The van der Waals surface area contributed by atoms with Crippen LogP contribution in [-0.2, 0) is 21.7 Å². The Morgan fingerprint density at radius 3 is 1.52 bits per heavy atom. The number of hydrogen-bond donors (Lipinski definition) is 0. The van der Waals surface area contributed by atoms with Crippen LogP contribution in [0.3, 0.4) is 0 Å². The fourth-order valence-electron chi connectivity index (χ4n) is 11.3. The average Bonchev–Trinajstić information content (AvgIpc) is 3.67. The van der Waals surface area contributed by atoms with Crippen molar-refractivity contribution in [3.8, 4) is 33.5 Å². The van der Waals surface area contributed by atoms with Crippen molar-refractivity contribution in [1.82, 2.24) is 4.48 Å². The second-order valence-electron chi connectivity index (χ2n) is 24.4. The van der Waals surface area contributed by atoms with E-state index < -0.39 is 0 Å². The number of nitrogens with zero attached hydrogens (tertiary/aromatic N) is 3. The zero-order valence-electron chi connectivity index (χ0n) is 44.2. The van der Waals surface area contributed by atoms with Crippen molar-refractivity contribution in [3.05, 3.63) is 204 Å². The topological polar surface area (TPSA) is 11.4 Å². The molecule has 0 bridgehead atoms. The van der Waals surface area contributed by atoms with Crippen LogP contribution >= 0.6 is 0 Å². The zero-order valence-corrected chi connectivity index (χ0v) is 44.2. The molecule has 0 aliphatic carbocycles. The Bertz CT molecular complexity index is 3460. The molecule has 1 aromatic heterocycles. The number of para-hydroxylation sites is 2. The van der Waals surface area contributed by atoms with Crippen LogP contribution in [0, 0.1) is 6.92 Å². The smallest absolute Gasteiger partial charge is 0.333 e. The molecule has 0 saturated heterocycles. The molecule has 8 aromatic carbocycles. The van der Waals surface area contributed by atoms with E-state index in [1.165, 1.54) is 100 Å². The van der Waals surface area contributed by atoms with Crippen molar-refractivity contribution in [1.29, 1.82) is 0 Å². The van der Waals surface area contributed by atoms with Gasteiger partial charge >= 0.3 is 6.85 Å². The number of anilines is 6. The van der Waals surface area contributed by atoms with Crippen molar-refractivity contribution in [2.75, 3.05) is 9.80 Å². The largest absolute Gasteiger partial charge is 0.375 e. The summed E-state index contributed by atoms with van der Waals surface area (Å²) in [6.07, 6.45) is 0. The minimum atomic E-state index is -0.122. The third-order valence-corrected chi connectivity index (χ3v) is 15.3. The number of fused-ring (bicyclic) bond motifs is 4. The van der Waals surface area contributed by atoms with Crippen LogP contribution in [0.25, 0.3) is 44.4 Å². The first kappa shape index (κ1) is 46.4. The minimum absolute atomic E-state index is 0.0369. The molecule has 354 valence electrons. The maximum atomic E-state index is 2.79. The molecule has 0 N–H and O–H groups in total. The molecular weight excluding hydrogens is 858 g/mol. The lowest BCUT2D eigenvalue weighted by Crippen LogP contribution is -2.57. The maximum absolute atomic E-state index is 2.79. The molecule has 2 aliphatic heterocycles.